The van der Waals surface area contributed by atoms with Crippen molar-refractivity contribution in [3.63, 3.8) is 0 Å². The van der Waals surface area contributed by atoms with E-state index in [2.05, 4.69) is 9.46 Å². The van der Waals surface area contributed by atoms with Crippen LogP contribution < -0.4 is 4.72 Å². The molecule has 7 heteroatoms. The van der Waals surface area contributed by atoms with Gasteiger partial charge in [-0.15, -0.1) is 0 Å². The van der Waals surface area contributed by atoms with E-state index < -0.39 is 27.3 Å². The normalized spacial score (nSPS) is 20.3. The van der Waals surface area contributed by atoms with Gasteiger partial charge in [0.05, 0.1) is 13.2 Å². The monoisotopic (exact) mass is 288 g/mol. The van der Waals surface area contributed by atoms with E-state index in [1.54, 1.807) is 0 Å². The maximum absolute atomic E-state index is 12.0. The van der Waals surface area contributed by atoms with Crippen LogP contribution in [0.25, 0.3) is 0 Å². The fourth-order valence-corrected chi connectivity index (χ4v) is 3.42. The largest absolute Gasteiger partial charge is 0.468 e. The van der Waals surface area contributed by atoms with Crippen LogP contribution in [-0.4, -0.2) is 32.8 Å². The first-order chi connectivity index (χ1) is 8.92. The maximum Gasteiger partial charge on any atom is 0.325 e. The summed E-state index contributed by atoms with van der Waals surface area (Å²) in [6, 6.07) is 1.23. The molecule has 0 bridgehead atoms. The molecule has 19 heavy (non-hydrogen) atoms. The molecule has 0 radical (unpaired) electrons. The molecule has 0 spiro atoms. The quantitative estimate of drug-likeness (QED) is 0.759. The van der Waals surface area contributed by atoms with Gasteiger partial charge in [0, 0.05) is 0 Å². The van der Waals surface area contributed by atoms with Crippen molar-refractivity contribution in [1.29, 1.82) is 5.26 Å². The van der Waals surface area contributed by atoms with Gasteiger partial charge < -0.3 is 4.74 Å². The maximum atomic E-state index is 12.0. The van der Waals surface area contributed by atoms with Crippen LogP contribution in [0, 0.1) is 17.2 Å². The molecule has 1 N–H and O–H groups in total. The van der Waals surface area contributed by atoms with E-state index in [1.807, 2.05) is 6.07 Å². The molecule has 0 aromatic carbocycles. The highest BCUT2D eigenvalue weighted by Gasteiger charge is 2.34. The van der Waals surface area contributed by atoms with Crippen LogP contribution >= 0.6 is 0 Å². The molecule has 0 aromatic rings. The van der Waals surface area contributed by atoms with Crippen LogP contribution in [0.3, 0.4) is 0 Å². The second-order valence-corrected chi connectivity index (χ2v) is 6.87. The van der Waals surface area contributed by atoms with Gasteiger partial charge in [-0.25, -0.2) is 8.42 Å². The number of rotatable bonds is 5. The SMILES string of the molecule is COC(=O)C(C)S(=O)(=O)NC(C#N)C1CCCCC1. The average Bonchev–Trinajstić information content (AvgIpc) is 2.44. The van der Waals surface area contributed by atoms with Gasteiger partial charge in [-0.3, -0.25) is 4.79 Å². The fraction of sp³-hybridized carbons (Fsp3) is 0.833. The van der Waals surface area contributed by atoms with E-state index >= 15 is 0 Å². The molecule has 0 amide bonds. The Hall–Kier alpha value is -1.13. The second-order valence-electron chi connectivity index (χ2n) is 4.83. The van der Waals surface area contributed by atoms with Crippen LogP contribution in [0.2, 0.25) is 0 Å². The number of hydrogen-bond donors (Lipinski definition) is 1. The zero-order valence-electron chi connectivity index (χ0n) is 11.3. The highest BCUT2D eigenvalue weighted by molar-refractivity contribution is 7.90. The summed E-state index contributed by atoms with van der Waals surface area (Å²) in [4.78, 5) is 11.3. The molecule has 0 saturated heterocycles. The Morgan fingerprint density at radius 1 is 1.37 bits per heavy atom. The van der Waals surface area contributed by atoms with Crippen molar-refractivity contribution in [2.75, 3.05) is 7.11 Å². The molecule has 108 valence electrons. The molecule has 0 aliphatic heterocycles. The second kappa shape index (κ2) is 6.87. The number of ether oxygens (including phenoxy) is 1. The average molecular weight is 288 g/mol. The lowest BCUT2D eigenvalue weighted by Crippen LogP contribution is -2.46. The summed E-state index contributed by atoms with van der Waals surface area (Å²) in [6.07, 6.45) is 4.83. The molecule has 1 aliphatic carbocycles. The molecule has 1 rings (SSSR count). The number of carbonyl (C=O) groups excluding carboxylic acids is 1. The molecule has 2 atom stereocenters. The number of carbonyl (C=O) groups is 1. The lowest BCUT2D eigenvalue weighted by molar-refractivity contribution is -0.139. The summed E-state index contributed by atoms with van der Waals surface area (Å²) in [5.41, 5.74) is 0. The minimum Gasteiger partial charge on any atom is -0.468 e. The molecular formula is C12H20N2O4S. The van der Waals surface area contributed by atoms with Gasteiger partial charge in [0.1, 0.15) is 6.04 Å². The van der Waals surface area contributed by atoms with Gasteiger partial charge in [-0.05, 0) is 25.7 Å². The van der Waals surface area contributed by atoms with Gasteiger partial charge in [0.25, 0.3) is 0 Å². The van der Waals surface area contributed by atoms with Crippen molar-refractivity contribution in [3.05, 3.63) is 0 Å². The molecule has 1 saturated carbocycles. The first kappa shape index (κ1) is 15.9. The van der Waals surface area contributed by atoms with Crippen LogP contribution in [0.5, 0.6) is 0 Å². The lowest BCUT2D eigenvalue weighted by atomic mass is 9.85. The molecule has 0 aromatic heterocycles. The summed E-state index contributed by atoms with van der Waals surface area (Å²) >= 11 is 0. The van der Waals surface area contributed by atoms with Crippen molar-refractivity contribution in [1.82, 2.24) is 4.72 Å². The summed E-state index contributed by atoms with van der Waals surface area (Å²) in [6.45, 7) is 1.25. The highest BCUT2D eigenvalue weighted by Crippen LogP contribution is 2.26. The standard InChI is InChI=1S/C12H20N2O4S/c1-9(12(15)18-2)19(16,17)14-11(8-13)10-6-4-3-5-7-10/h9-11,14H,3-7H2,1-2H3. The summed E-state index contributed by atoms with van der Waals surface area (Å²) in [5, 5.41) is 7.82. The third-order valence-electron chi connectivity index (χ3n) is 3.55. The molecule has 0 heterocycles. The number of sulfonamides is 1. The Bertz CT molecular complexity index is 449. The number of hydrogen-bond acceptors (Lipinski definition) is 5. The van der Waals surface area contributed by atoms with E-state index in [4.69, 9.17) is 5.26 Å². The molecular weight excluding hydrogens is 268 g/mol. The zero-order valence-corrected chi connectivity index (χ0v) is 12.1. The summed E-state index contributed by atoms with van der Waals surface area (Å²) < 4.78 is 30.7. The van der Waals surface area contributed by atoms with Crippen LogP contribution in [-0.2, 0) is 19.6 Å². The molecule has 6 nitrogen and oxygen atoms in total. The molecule has 1 aliphatic rings. The first-order valence-electron chi connectivity index (χ1n) is 6.41. The third-order valence-corrected chi connectivity index (χ3v) is 5.26. The predicted octanol–water partition coefficient (Wildman–Crippen LogP) is 0.940. The topological polar surface area (TPSA) is 96.3 Å². The van der Waals surface area contributed by atoms with Gasteiger partial charge in [0.2, 0.25) is 10.0 Å². The van der Waals surface area contributed by atoms with E-state index in [0.717, 1.165) is 39.2 Å². The minimum absolute atomic E-state index is 0.0263. The van der Waals surface area contributed by atoms with Crippen molar-refractivity contribution < 1.29 is 17.9 Å². The van der Waals surface area contributed by atoms with E-state index in [9.17, 15) is 13.2 Å². The van der Waals surface area contributed by atoms with Crippen molar-refractivity contribution >= 4 is 16.0 Å². The van der Waals surface area contributed by atoms with Crippen LogP contribution in [0.4, 0.5) is 0 Å². The van der Waals surface area contributed by atoms with E-state index in [-0.39, 0.29) is 5.92 Å². The fourth-order valence-electron chi connectivity index (χ4n) is 2.27. The first-order valence-corrected chi connectivity index (χ1v) is 7.95. The van der Waals surface area contributed by atoms with Gasteiger partial charge in [0.15, 0.2) is 5.25 Å². The Labute approximate surface area is 114 Å². The van der Waals surface area contributed by atoms with Gasteiger partial charge in [-0.1, -0.05) is 19.3 Å². The summed E-state index contributed by atoms with van der Waals surface area (Å²) in [5.74, 6) is -0.800. The van der Waals surface area contributed by atoms with E-state index in [0.29, 0.717) is 0 Å². The van der Waals surface area contributed by atoms with Gasteiger partial charge >= 0.3 is 5.97 Å². The third kappa shape index (κ3) is 4.18. The smallest absolute Gasteiger partial charge is 0.325 e. The number of nitriles is 1. The van der Waals surface area contributed by atoms with Crippen molar-refractivity contribution in [2.24, 2.45) is 5.92 Å². The summed E-state index contributed by atoms with van der Waals surface area (Å²) in [7, 11) is -2.74. The van der Waals surface area contributed by atoms with Gasteiger partial charge in [-0.2, -0.15) is 9.98 Å². The Kier molecular flexibility index (Phi) is 5.76. The van der Waals surface area contributed by atoms with Crippen molar-refractivity contribution in [2.45, 2.75) is 50.3 Å². The van der Waals surface area contributed by atoms with E-state index in [1.165, 1.54) is 6.92 Å². The van der Waals surface area contributed by atoms with Crippen molar-refractivity contribution in [3.8, 4) is 6.07 Å². The number of nitrogens with one attached hydrogen (secondary N) is 1. The Morgan fingerprint density at radius 2 is 1.95 bits per heavy atom. The highest BCUT2D eigenvalue weighted by atomic mass is 32.2. The van der Waals surface area contributed by atoms with Crippen LogP contribution in [0.1, 0.15) is 39.0 Å². The lowest BCUT2D eigenvalue weighted by Gasteiger charge is -2.26. The zero-order chi connectivity index (χ0) is 14.5. The number of nitrogens with zero attached hydrogens (tertiary/aromatic N) is 1. The Morgan fingerprint density at radius 3 is 2.42 bits per heavy atom. The predicted molar refractivity (Wildman–Crippen MR) is 69.5 cm³/mol. The molecule has 1 fully saturated rings. The molecule has 2 unspecified atom stereocenters. The Balaban J connectivity index is 2.74. The number of methoxy groups -OCH3 is 1. The minimum atomic E-state index is -3.88. The van der Waals surface area contributed by atoms with Crippen LogP contribution in [0.15, 0.2) is 0 Å². The number of esters is 1.